The first kappa shape index (κ1) is 10.4. The minimum Gasteiger partial charge on any atom is -0.361 e. The van der Waals surface area contributed by atoms with E-state index in [2.05, 4.69) is 15.3 Å². The minimum atomic E-state index is 0.404. The molecule has 18 heavy (non-hydrogen) atoms. The third-order valence-corrected chi connectivity index (χ3v) is 2.69. The molecule has 2 aromatic heterocycles. The highest BCUT2D eigenvalue weighted by molar-refractivity contribution is 5.83. The number of nitrogens with one attached hydrogen (secondary N) is 2. The third-order valence-electron chi connectivity index (χ3n) is 2.69. The number of anilines is 2. The molecule has 0 fully saturated rings. The Morgan fingerprint density at radius 1 is 1.17 bits per heavy atom. The van der Waals surface area contributed by atoms with Crippen LogP contribution in [-0.2, 0) is 0 Å². The molecule has 0 spiro atoms. The monoisotopic (exact) mass is 234 g/mol. The van der Waals surface area contributed by atoms with E-state index in [1.54, 1.807) is 12.1 Å². The van der Waals surface area contributed by atoms with Gasteiger partial charge < -0.3 is 10.3 Å². The summed E-state index contributed by atoms with van der Waals surface area (Å²) in [5, 5.41) is 13.1. The average Bonchev–Trinajstić information content (AvgIpc) is 2.86. The number of H-pyrrole nitrogens is 1. The van der Waals surface area contributed by atoms with Gasteiger partial charge in [0.05, 0.1) is 0 Å². The Labute approximate surface area is 104 Å². The zero-order valence-electron chi connectivity index (χ0n) is 9.51. The van der Waals surface area contributed by atoms with E-state index in [0.717, 1.165) is 11.2 Å². The summed E-state index contributed by atoms with van der Waals surface area (Å²) in [6.45, 7) is 0. The molecule has 0 unspecified atom stereocenters. The van der Waals surface area contributed by atoms with Gasteiger partial charge in [0.15, 0.2) is 0 Å². The van der Waals surface area contributed by atoms with Gasteiger partial charge in [-0.05, 0) is 35.7 Å². The standard InChI is InChI=1S/C14H10N4/c15-9-12-2-1-3-14(18-12)17-11-5-4-10-6-7-16-13(10)8-11/h1-8,16H,(H,17,18). The quantitative estimate of drug-likeness (QED) is 0.715. The fraction of sp³-hybridized carbons (Fsp3) is 0. The molecule has 0 atom stereocenters. The average molecular weight is 234 g/mol. The molecule has 4 nitrogen and oxygen atoms in total. The normalized spacial score (nSPS) is 10.2. The Kier molecular flexibility index (Phi) is 2.43. The van der Waals surface area contributed by atoms with Gasteiger partial charge in [0.25, 0.3) is 0 Å². The second-order valence-electron chi connectivity index (χ2n) is 3.92. The van der Waals surface area contributed by atoms with Crippen molar-refractivity contribution in [1.82, 2.24) is 9.97 Å². The first-order valence-corrected chi connectivity index (χ1v) is 5.56. The van der Waals surface area contributed by atoms with Crippen molar-refractivity contribution >= 4 is 22.4 Å². The van der Waals surface area contributed by atoms with Crippen molar-refractivity contribution in [2.75, 3.05) is 5.32 Å². The smallest absolute Gasteiger partial charge is 0.142 e. The molecular formula is C14H10N4. The highest BCUT2D eigenvalue weighted by atomic mass is 15.0. The van der Waals surface area contributed by atoms with Crippen molar-refractivity contribution in [3.8, 4) is 6.07 Å². The van der Waals surface area contributed by atoms with E-state index in [4.69, 9.17) is 5.26 Å². The molecule has 0 radical (unpaired) electrons. The Hall–Kier alpha value is -2.80. The minimum absolute atomic E-state index is 0.404. The number of hydrogen-bond acceptors (Lipinski definition) is 3. The Balaban J connectivity index is 1.93. The van der Waals surface area contributed by atoms with Crippen LogP contribution in [0.2, 0.25) is 0 Å². The van der Waals surface area contributed by atoms with Crippen LogP contribution in [0.15, 0.2) is 48.7 Å². The lowest BCUT2D eigenvalue weighted by molar-refractivity contribution is 1.25. The first-order valence-electron chi connectivity index (χ1n) is 5.56. The van der Waals surface area contributed by atoms with E-state index in [-0.39, 0.29) is 0 Å². The second-order valence-corrected chi connectivity index (χ2v) is 3.92. The first-order chi connectivity index (χ1) is 8.85. The van der Waals surface area contributed by atoms with Gasteiger partial charge in [0.2, 0.25) is 0 Å². The number of rotatable bonds is 2. The van der Waals surface area contributed by atoms with E-state index in [1.165, 1.54) is 5.39 Å². The molecule has 0 amide bonds. The van der Waals surface area contributed by atoms with E-state index < -0.39 is 0 Å². The highest BCUT2D eigenvalue weighted by Gasteiger charge is 2.00. The van der Waals surface area contributed by atoms with Crippen LogP contribution in [0.5, 0.6) is 0 Å². The SMILES string of the molecule is N#Cc1cccc(Nc2ccc3cc[nH]c3c2)n1. The van der Waals surface area contributed by atoms with E-state index in [9.17, 15) is 0 Å². The maximum absolute atomic E-state index is 8.80. The Bertz CT molecular complexity index is 737. The van der Waals surface area contributed by atoms with Gasteiger partial charge >= 0.3 is 0 Å². The summed E-state index contributed by atoms with van der Waals surface area (Å²) in [5.41, 5.74) is 2.41. The molecule has 0 bridgehead atoms. The molecule has 86 valence electrons. The number of aromatic amines is 1. The van der Waals surface area contributed by atoms with Gasteiger partial charge in [-0.3, -0.25) is 0 Å². The van der Waals surface area contributed by atoms with Crippen molar-refractivity contribution < 1.29 is 0 Å². The van der Waals surface area contributed by atoms with Crippen molar-refractivity contribution in [3.63, 3.8) is 0 Å². The van der Waals surface area contributed by atoms with Crippen LogP contribution in [0.1, 0.15) is 5.69 Å². The summed E-state index contributed by atoms with van der Waals surface area (Å²) in [6.07, 6.45) is 1.91. The van der Waals surface area contributed by atoms with Gasteiger partial charge in [0, 0.05) is 17.4 Å². The molecule has 0 aliphatic heterocycles. The van der Waals surface area contributed by atoms with E-state index in [0.29, 0.717) is 11.5 Å². The number of hydrogen-bond donors (Lipinski definition) is 2. The van der Waals surface area contributed by atoms with Gasteiger partial charge in [-0.2, -0.15) is 5.26 Å². The summed E-state index contributed by atoms with van der Waals surface area (Å²) in [4.78, 5) is 7.33. The maximum Gasteiger partial charge on any atom is 0.142 e. The van der Waals surface area contributed by atoms with Crippen LogP contribution in [0, 0.1) is 11.3 Å². The number of nitriles is 1. The second kappa shape index (κ2) is 4.22. The van der Waals surface area contributed by atoms with Crippen LogP contribution in [0.4, 0.5) is 11.5 Å². The Morgan fingerprint density at radius 3 is 3.00 bits per heavy atom. The van der Waals surface area contributed by atoms with Crippen LogP contribution in [-0.4, -0.2) is 9.97 Å². The molecular weight excluding hydrogens is 224 g/mol. The summed E-state index contributed by atoms with van der Waals surface area (Å²) in [6, 6.07) is 15.4. The van der Waals surface area contributed by atoms with Gasteiger partial charge in [-0.1, -0.05) is 12.1 Å². The molecule has 0 aliphatic rings. The fourth-order valence-electron chi connectivity index (χ4n) is 1.84. The fourth-order valence-corrected chi connectivity index (χ4v) is 1.84. The molecule has 2 heterocycles. The molecule has 1 aromatic carbocycles. The third kappa shape index (κ3) is 1.89. The number of aromatic nitrogens is 2. The summed E-state index contributed by atoms with van der Waals surface area (Å²) in [5.74, 6) is 0.667. The number of fused-ring (bicyclic) bond motifs is 1. The van der Waals surface area contributed by atoms with E-state index in [1.807, 2.05) is 42.6 Å². The van der Waals surface area contributed by atoms with Crippen LogP contribution in [0.3, 0.4) is 0 Å². The molecule has 0 saturated heterocycles. The number of nitrogens with zero attached hydrogens (tertiary/aromatic N) is 2. The van der Waals surface area contributed by atoms with Crippen LogP contribution < -0.4 is 5.32 Å². The predicted octanol–water partition coefficient (Wildman–Crippen LogP) is 3.18. The van der Waals surface area contributed by atoms with Crippen LogP contribution in [0.25, 0.3) is 10.9 Å². The molecule has 4 heteroatoms. The molecule has 3 rings (SSSR count). The summed E-state index contributed by atoms with van der Waals surface area (Å²) < 4.78 is 0. The lowest BCUT2D eigenvalue weighted by Gasteiger charge is -2.05. The predicted molar refractivity (Wildman–Crippen MR) is 70.5 cm³/mol. The van der Waals surface area contributed by atoms with Crippen LogP contribution >= 0.6 is 0 Å². The molecule has 0 saturated carbocycles. The van der Waals surface area contributed by atoms with Crippen molar-refractivity contribution in [2.45, 2.75) is 0 Å². The number of pyridine rings is 1. The molecule has 2 N–H and O–H groups in total. The van der Waals surface area contributed by atoms with Gasteiger partial charge in [-0.15, -0.1) is 0 Å². The van der Waals surface area contributed by atoms with Crippen molar-refractivity contribution in [3.05, 3.63) is 54.4 Å². The lowest BCUT2D eigenvalue weighted by Crippen LogP contribution is -1.94. The highest BCUT2D eigenvalue weighted by Crippen LogP contribution is 2.20. The number of benzene rings is 1. The zero-order chi connectivity index (χ0) is 12.4. The van der Waals surface area contributed by atoms with Gasteiger partial charge in [-0.25, -0.2) is 4.98 Å². The van der Waals surface area contributed by atoms with Crippen molar-refractivity contribution in [1.29, 1.82) is 5.26 Å². The Morgan fingerprint density at radius 2 is 2.11 bits per heavy atom. The summed E-state index contributed by atoms with van der Waals surface area (Å²) >= 11 is 0. The van der Waals surface area contributed by atoms with Crippen molar-refractivity contribution in [2.24, 2.45) is 0 Å². The largest absolute Gasteiger partial charge is 0.361 e. The molecule has 0 aliphatic carbocycles. The lowest BCUT2D eigenvalue weighted by atomic mass is 10.2. The zero-order valence-corrected chi connectivity index (χ0v) is 9.51. The maximum atomic E-state index is 8.80. The summed E-state index contributed by atoms with van der Waals surface area (Å²) in [7, 11) is 0. The molecule has 3 aromatic rings. The van der Waals surface area contributed by atoms with Gasteiger partial charge in [0.1, 0.15) is 17.6 Å². The van der Waals surface area contributed by atoms with E-state index >= 15 is 0 Å². The topological polar surface area (TPSA) is 64.5 Å².